The van der Waals surface area contributed by atoms with Crippen molar-refractivity contribution in [3.63, 3.8) is 0 Å². The molecule has 1 atom stereocenters. The molecule has 5 amide bonds. The zero-order valence-corrected chi connectivity index (χ0v) is 14.6. The number of anilines is 1. The van der Waals surface area contributed by atoms with Crippen LogP contribution in [0.2, 0.25) is 0 Å². The Morgan fingerprint density at radius 3 is 2.76 bits per heavy atom. The van der Waals surface area contributed by atoms with Crippen LogP contribution in [0.3, 0.4) is 0 Å². The molecule has 1 aromatic rings. The molecule has 0 aromatic heterocycles. The molecule has 8 nitrogen and oxygen atoms in total. The number of likely N-dealkylation sites (N-methyl/N-ethyl adjacent to an activating group) is 1. The van der Waals surface area contributed by atoms with E-state index in [1.54, 1.807) is 13.2 Å². The first kappa shape index (κ1) is 17.1. The molecule has 0 radical (unpaired) electrons. The number of benzene rings is 1. The standard InChI is InChI=1S/C17H22N4O4/c1-4-11-5-6-12(9-13(11)25-3)18-15(23)21-8-7-17(10-21)14(22)20(2)16(24)19-17/h5-6,9H,4,7-8,10H2,1-3H3,(H,18,23)(H,19,24). The molecule has 2 aliphatic rings. The summed E-state index contributed by atoms with van der Waals surface area (Å²) < 4.78 is 5.34. The minimum Gasteiger partial charge on any atom is -0.496 e. The Kier molecular flexibility index (Phi) is 4.28. The molecule has 2 N–H and O–H groups in total. The summed E-state index contributed by atoms with van der Waals surface area (Å²) in [5.41, 5.74) is 0.689. The van der Waals surface area contributed by atoms with E-state index in [4.69, 9.17) is 4.74 Å². The summed E-state index contributed by atoms with van der Waals surface area (Å²) in [7, 11) is 3.03. The number of nitrogens with zero attached hydrogens (tertiary/aromatic N) is 2. The fourth-order valence-corrected chi connectivity index (χ4v) is 3.33. The van der Waals surface area contributed by atoms with E-state index in [9.17, 15) is 14.4 Å². The average Bonchev–Trinajstić information content (AvgIpc) is 3.13. The van der Waals surface area contributed by atoms with Crippen molar-refractivity contribution in [2.45, 2.75) is 25.3 Å². The minimum absolute atomic E-state index is 0.165. The van der Waals surface area contributed by atoms with Crippen LogP contribution >= 0.6 is 0 Å². The van der Waals surface area contributed by atoms with Gasteiger partial charge in [0.15, 0.2) is 0 Å². The summed E-state index contributed by atoms with van der Waals surface area (Å²) in [6.07, 6.45) is 1.24. The first-order valence-corrected chi connectivity index (χ1v) is 8.23. The lowest BCUT2D eigenvalue weighted by Gasteiger charge is -2.22. The number of urea groups is 2. The summed E-state index contributed by atoms with van der Waals surface area (Å²) in [6, 6.07) is 4.78. The van der Waals surface area contributed by atoms with Crippen molar-refractivity contribution in [2.24, 2.45) is 0 Å². The summed E-state index contributed by atoms with van der Waals surface area (Å²) in [6.45, 7) is 2.59. The van der Waals surface area contributed by atoms with Gasteiger partial charge in [-0.25, -0.2) is 9.59 Å². The number of amides is 5. The molecule has 2 saturated heterocycles. The molecule has 1 spiro atoms. The molecule has 0 saturated carbocycles. The Balaban J connectivity index is 1.69. The maximum absolute atomic E-state index is 12.5. The van der Waals surface area contributed by atoms with Crippen molar-refractivity contribution in [1.82, 2.24) is 15.1 Å². The summed E-state index contributed by atoms with van der Waals surface area (Å²) in [5, 5.41) is 5.53. The minimum atomic E-state index is -0.993. The highest BCUT2D eigenvalue weighted by molar-refractivity contribution is 6.07. The second-order valence-electron chi connectivity index (χ2n) is 6.36. The Morgan fingerprint density at radius 1 is 1.40 bits per heavy atom. The van der Waals surface area contributed by atoms with E-state index in [0.29, 0.717) is 18.7 Å². The van der Waals surface area contributed by atoms with Crippen LogP contribution < -0.4 is 15.4 Å². The highest BCUT2D eigenvalue weighted by atomic mass is 16.5. The van der Waals surface area contributed by atoms with Gasteiger partial charge in [-0.1, -0.05) is 13.0 Å². The van der Waals surface area contributed by atoms with Gasteiger partial charge in [0, 0.05) is 25.3 Å². The van der Waals surface area contributed by atoms with Gasteiger partial charge in [-0.3, -0.25) is 9.69 Å². The molecule has 134 valence electrons. The van der Waals surface area contributed by atoms with Crippen molar-refractivity contribution in [2.75, 3.05) is 32.6 Å². The summed E-state index contributed by atoms with van der Waals surface area (Å²) >= 11 is 0. The maximum Gasteiger partial charge on any atom is 0.324 e. The lowest BCUT2D eigenvalue weighted by atomic mass is 9.99. The van der Waals surface area contributed by atoms with E-state index in [0.717, 1.165) is 22.6 Å². The lowest BCUT2D eigenvalue weighted by molar-refractivity contribution is -0.129. The van der Waals surface area contributed by atoms with Crippen LogP contribution in [0.5, 0.6) is 5.75 Å². The normalized spacial score (nSPS) is 22.5. The van der Waals surface area contributed by atoms with Gasteiger partial charge >= 0.3 is 12.1 Å². The van der Waals surface area contributed by atoms with Gasteiger partial charge in [-0.15, -0.1) is 0 Å². The van der Waals surface area contributed by atoms with E-state index >= 15 is 0 Å². The number of carbonyl (C=O) groups is 3. The smallest absolute Gasteiger partial charge is 0.324 e. The largest absolute Gasteiger partial charge is 0.496 e. The van der Waals surface area contributed by atoms with Crippen LogP contribution in [0.1, 0.15) is 18.9 Å². The first-order chi connectivity index (χ1) is 11.9. The van der Waals surface area contributed by atoms with Crippen LogP contribution in [-0.2, 0) is 11.2 Å². The van der Waals surface area contributed by atoms with E-state index in [1.165, 1.54) is 11.9 Å². The third-order valence-corrected chi connectivity index (χ3v) is 4.84. The molecule has 8 heteroatoms. The molecule has 1 aromatic carbocycles. The molecule has 0 aliphatic carbocycles. The Morgan fingerprint density at radius 2 is 2.16 bits per heavy atom. The van der Waals surface area contributed by atoms with Crippen LogP contribution in [0, 0.1) is 0 Å². The first-order valence-electron chi connectivity index (χ1n) is 8.23. The number of rotatable bonds is 3. The Hall–Kier alpha value is -2.77. The molecular formula is C17H22N4O4. The zero-order chi connectivity index (χ0) is 18.2. The molecule has 3 rings (SSSR count). The molecule has 1 unspecified atom stereocenters. The predicted octanol–water partition coefficient (Wildman–Crippen LogP) is 1.42. The Labute approximate surface area is 146 Å². The molecule has 2 fully saturated rings. The van der Waals surface area contributed by atoms with Crippen LogP contribution in [-0.4, -0.2) is 60.6 Å². The van der Waals surface area contributed by atoms with Crippen molar-refractivity contribution >= 4 is 23.7 Å². The summed E-state index contributed by atoms with van der Waals surface area (Å²) in [5.74, 6) is 0.430. The van der Waals surface area contributed by atoms with Crippen LogP contribution in [0.25, 0.3) is 0 Å². The number of imide groups is 1. The van der Waals surface area contributed by atoms with Crippen molar-refractivity contribution in [1.29, 1.82) is 0 Å². The molecular weight excluding hydrogens is 324 g/mol. The van der Waals surface area contributed by atoms with Crippen LogP contribution in [0.4, 0.5) is 15.3 Å². The van der Waals surface area contributed by atoms with E-state index in [1.807, 2.05) is 19.1 Å². The van der Waals surface area contributed by atoms with Gasteiger partial charge in [0.2, 0.25) is 0 Å². The molecule has 0 bridgehead atoms. The molecule has 2 heterocycles. The molecule has 2 aliphatic heterocycles. The number of ether oxygens (including phenoxy) is 1. The number of hydrogen-bond acceptors (Lipinski definition) is 4. The van der Waals surface area contributed by atoms with Crippen LogP contribution in [0.15, 0.2) is 18.2 Å². The van der Waals surface area contributed by atoms with Crippen molar-refractivity contribution < 1.29 is 19.1 Å². The zero-order valence-electron chi connectivity index (χ0n) is 14.6. The molecule has 25 heavy (non-hydrogen) atoms. The van der Waals surface area contributed by atoms with Crippen molar-refractivity contribution in [3.8, 4) is 5.75 Å². The average molecular weight is 346 g/mol. The highest BCUT2D eigenvalue weighted by Gasteiger charge is 2.54. The van der Waals surface area contributed by atoms with Gasteiger partial charge in [0.05, 0.1) is 13.7 Å². The quantitative estimate of drug-likeness (QED) is 0.810. The monoisotopic (exact) mass is 346 g/mol. The number of aryl methyl sites for hydroxylation is 1. The highest BCUT2D eigenvalue weighted by Crippen LogP contribution is 2.29. The number of carbonyl (C=O) groups excluding carboxylic acids is 3. The number of likely N-dealkylation sites (tertiary alicyclic amines) is 1. The number of nitrogens with one attached hydrogen (secondary N) is 2. The van der Waals surface area contributed by atoms with Gasteiger partial charge in [-0.05, 0) is 24.5 Å². The SMILES string of the molecule is CCc1ccc(NC(=O)N2CCC3(C2)NC(=O)N(C)C3=O)cc1OC. The van der Waals surface area contributed by atoms with Gasteiger partial charge in [0.1, 0.15) is 11.3 Å². The van der Waals surface area contributed by atoms with E-state index < -0.39 is 11.6 Å². The predicted molar refractivity (Wildman–Crippen MR) is 91.6 cm³/mol. The maximum atomic E-state index is 12.5. The van der Waals surface area contributed by atoms with E-state index in [2.05, 4.69) is 10.6 Å². The second kappa shape index (κ2) is 6.27. The third-order valence-electron chi connectivity index (χ3n) is 4.84. The van der Waals surface area contributed by atoms with Gasteiger partial charge in [-0.2, -0.15) is 0 Å². The van der Waals surface area contributed by atoms with Crippen molar-refractivity contribution in [3.05, 3.63) is 23.8 Å². The number of methoxy groups -OCH3 is 1. The fourth-order valence-electron chi connectivity index (χ4n) is 3.33. The third kappa shape index (κ3) is 2.88. The summed E-state index contributed by atoms with van der Waals surface area (Å²) in [4.78, 5) is 39.1. The van der Waals surface area contributed by atoms with E-state index in [-0.39, 0.29) is 18.5 Å². The Bertz CT molecular complexity index is 735. The topological polar surface area (TPSA) is 91.0 Å². The fraction of sp³-hybridized carbons (Fsp3) is 0.471. The van der Waals surface area contributed by atoms with Gasteiger partial charge in [0.25, 0.3) is 5.91 Å². The van der Waals surface area contributed by atoms with Gasteiger partial charge < -0.3 is 20.3 Å². The second-order valence-corrected chi connectivity index (χ2v) is 6.36. The lowest BCUT2D eigenvalue weighted by Crippen LogP contribution is -2.50. The number of hydrogen-bond donors (Lipinski definition) is 2.